The van der Waals surface area contributed by atoms with E-state index in [4.69, 9.17) is 11.6 Å². The van der Waals surface area contributed by atoms with Crippen LogP contribution in [0, 0.1) is 0 Å². The van der Waals surface area contributed by atoms with Crippen LogP contribution in [0.15, 0.2) is 22.7 Å². The van der Waals surface area contributed by atoms with Crippen molar-refractivity contribution >= 4 is 33.4 Å². The van der Waals surface area contributed by atoms with Crippen molar-refractivity contribution in [1.29, 1.82) is 0 Å². The monoisotopic (exact) mass is 344 g/mol. The molecule has 1 aromatic carbocycles. The van der Waals surface area contributed by atoms with Crippen LogP contribution in [-0.2, 0) is 0 Å². The highest BCUT2D eigenvalue weighted by Gasteiger charge is 2.27. The molecule has 1 fully saturated rings. The first-order valence-electron chi connectivity index (χ1n) is 6.51. The van der Waals surface area contributed by atoms with E-state index in [1.807, 2.05) is 11.0 Å². The standard InChI is InChI=1S/C14H18BrClN2O/c1-3-17-6-7-18(9-10(17)2)14(19)12-8-11(15)4-5-13(12)16/h4-5,8,10H,3,6-7,9H2,1-2H3. The minimum absolute atomic E-state index is 0.0221. The average molecular weight is 346 g/mol. The predicted octanol–water partition coefficient (Wildman–Crippen LogP) is 3.27. The zero-order chi connectivity index (χ0) is 14.0. The van der Waals surface area contributed by atoms with E-state index in [-0.39, 0.29) is 5.91 Å². The molecular formula is C14H18BrClN2O. The summed E-state index contributed by atoms with van der Waals surface area (Å²) in [6.45, 7) is 7.79. The Labute approximate surface area is 127 Å². The van der Waals surface area contributed by atoms with Gasteiger partial charge >= 0.3 is 0 Å². The van der Waals surface area contributed by atoms with E-state index >= 15 is 0 Å². The van der Waals surface area contributed by atoms with Gasteiger partial charge in [-0.1, -0.05) is 34.5 Å². The second-order valence-corrected chi connectivity index (χ2v) is 6.18. The van der Waals surface area contributed by atoms with Gasteiger partial charge in [0.25, 0.3) is 5.91 Å². The highest BCUT2D eigenvalue weighted by molar-refractivity contribution is 9.10. The number of piperazine rings is 1. The summed E-state index contributed by atoms with van der Waals surface area (Å²) in [7, 11) is 0. The van der Waals surface area contributed by atoms with Gasteiger partial charge in [-0.3, -0.25) is 9.69 Å². The van der Waals surface area contributed by atoms with E-state index in [2.05, 4.69) is 34.7 Å². The molecule has 0 spiro atoms. The van der Waals surface area contributed by atoms with Crippen LogP contribution < -0.4 is 0 Å². The van der Waals surface area contributed by atoms with Crippen LogP contribution in [0.1, 0.15) is 24.2 Å². The molecular weight excluding hydrogens is 328 g/mol. The number of nitrogens with zero attached hydrogens (tertiary/aromatic N) is 2. The second-order valence-electron chi connectivity index (χ2n) is 4.85. The Morgan fingerprint density at radius 3 is 2.84 bits per heavy atom. The Morgan fingerprint density at radius 1 is 1.47 bits per heavy atom. The van der Waals surface area contributed by atoms with E-state index in [9.17, 15) is 4.79 Å². The molecule has 1 heterocycles. The molecule has 19 heavy (non-hydrogen) atoms. The first-order chi connectivity index (χ1) is 9.02. The summed E-state index contributed by atoms with van der Waals surface area (Å²) in [6, 6.07) is 5.79. The molecule has 1 aromatic rings. The Balaban J connectivity index is 2.14. The molecule has 3 nitrogen and oxygen atoms in total. The third-order valence-electron chi connectivity index (χ3n) is 3.62. The lowest BCUT2D eigenvalue weighted by atomic mass is 10.1. The van der Waals surface area contributed by atoms with Gasteiger partial charge in [0.2, 0.25) is 0 Å². The van der Waals surface area contributed by atoms with E-state index in [1.165, 1.54) is 0 Å². The van der Waals surface area contributed by atoms with Crippen LogP contribution in [-0.4, -0.2) is 47.9 Å². The third-order valence-corrected chi connectivity index (χ3v) is 4.44. The molecule has 104 valence electrons. The summed E-state index contributed by atoms with van der Waals surface area (Å²) in [5, 5.41) is 0.513. The number of rotatable bonds is 2. The van der Waals surface area contributed by atoms with Crippen molar-refractivity contribution in [2.45, 2.75) is 19.9 Å². The number of halogens is 2. The lowest BCUT2D eigenvalue weighted by Gasteiger charge is -2.39. The number of amides is 1. The number of carbonyl (C=O) groups excluding carboxylic acids is 1. The van der Waals surface area contributed by atoms with Crippen LogP contribution in [0.25, 0.3) is 0 Å². The molecule has 0 radical (unpaired) electrons. The molecule has 1 amide bonds. The minimum atomic E-state index is 0.0221. The molecule has 0 saturated carbocycles. The van der Waals surface area contributed by atoms with Gasteiger partial charge in [0.1, 0.15) is 0 Å². The van der Waals surface area contributed by atoms with Crippen molar-refractivity contribution in [3.05, 3.63) is 33.3 Å². The van der Waals surface area contributed by atoms with Crippen molar-refractivity contribution in [3.63, 3.8) is 0 Å². The maximum Gasteiger partial charge on any atom is 0.255 e. The second kappa shape index (κ2) is 6.25. The maximum atomic E-state index is 12.5. The smallest absolute Gasteiger partial charge is 0.255 e. The van der Waals surface area contributed by atoms with Gasteiger partial charge in [0, 0.05) is 30.1 Å². The summed E-state index contributed by atoms with van der Waals surface area (Å²) in [4.78, 5) is 16.8. The van der Waals surface area contributed by atoms with Crippen molar-refractivity contribution < 1.29 is 4.79 Å². The minimum Gasteiger partial charge on any atom is -0.336 e. The Bertz CT molecular complexity index is 481. The Hall–Kier alpha value is -0.580. The largest absolute Gasteiger partial charge is 0.336 e. The molecule has 1 aliphatic heterocycles. The molecule has 1 unspecified atom stereocenters. The Morgan fingerprint density at radius 2 is 2.21 bits per heavy atom. The lowest BCUT2D eigenvalue weighted by Crippen LogP contribution is -2.53. The highest BCUT2D eigenvalue weighted by atomic mass is 79.9. The van der Waals surface area contributed by atoms with E-state index in [0.717, 1.165) is 30.7 Å². The van der Waals surface area contributed by atoms with Crippen LogP contribution >= 0.6 is 27.5 Å². The van der Waals surface area contributed by atoms with Crippen LogP contribution in [0.5, 0.6) is 0 Å². The fraction of sp³-hybridized carbons (Fsp3) is 0.500. The number of carbonyl (C=O) groups is 1. The normalized spacial score (nSPS) is 20.6. The molecule has 0 aliphatic carbocycles. The SMILES string of the molecule is CCN1CCN(C(=O)c2cc(Br)ccc2Cl)CC1C. The highest BCUT2D eigenvalue weighted by Crippen LogP contribution is 2.23. The molecule has 1 aliphatic rings. The van der Waals surface area contributed by atoms with Crippen LogP contribution in [0.2, 0.25) is 5.02 Å². The quantitative estimate of drug-likeness (QED) is 0.821. The number of hydrogen-bond acceptors (Lipinski definition) is 2. The zero-order valence-corrected chi connectivity index (χ0v) is 13.5. The van der Waals surface area contributed by atoms with Gasteiger partial charge < -0.3 is 4.90 Å². The zero-order valence-electron chi connectivity index (χ0n) is 11.2. The van der Waals surface area contributed by atoms with Gasteiger partial charge in [-0.25, -0.2) is 0 Å². The Kier molecular flexibility index (Phi) is 4.87. The first kappa shape index (κ1) is 14.8. The maximum absolute atomic E-state index is 12.5. The summed E-state index contributed by atoms with van der Waals surface area (Å²) in [5.41, 5.74) is 0.577. The molecule has 2 rings (SSSR count). The predicted molar refractivity (Wildman–Crippen MR) is 81.8 cm³/mol. The first-order valence-corrected chi connectivity index (χ1v) is 7.68. The van der Waals surface area contributed by atoms with Crippen LogP contribution in [0.4, 0.5) is 0 Å². The van der Waals surface area contributed by atoms with Crippen molar-refractivity contribution in [3.8, 4) is 0 Å². The average Bonchev–Trinajstić information content (AvgIpc) is 2.40. The van der Waals surface area contributed by atoms with Gasteiger partial charge in [0.15, 0.2) is 0 Å². The third kappa shape index (κ3) is 3.30. The fourth-order valence-corrected chi connectivity index (χ4v) is 3.04. The topological polar surface area (TPSA) is 23.6 Å². The molecule has 0 N–H and O–H groups in total. The van der Waals surface area contributed by atoms with E-state index in [1.54, 1.807) is 12.1 Å². The fourth-order valence-electron chi connectivity index (χ4n) is 2.48. The summed E-state index contributed by atoms with van der Waals surface area (Å²) in [5.74, 6) is 0.0221. The van der Waals surface area contributed by atoms with E-state index < -0.39 is 0 Å². The van der Waals surface area contributed by atoms with Crippen molar-refractivity contribution in [2.75, 3.05) is 26.2 Å². The molecule has 5 heteroatoms. The molecule has 1 atom stereocenters. The van der Waals surface area contributed by atoms with Gasteiger partial charge in [-0.2, -0.15) is 0 Å². The van der Waals surface area contributed by atoms with Gasteiger partial charge in [-0.05, 0) is 31.7 Å². The van der Waals surface area contributed by atoms with Crippen LogP contribution in [0.3, 0.4) is 0 Å². The molecule has 0 bridgehead atoms. The molecule has 0 aromatic heterocycles. The summed E-state index contributed by atoms with van der Waals surface area (Å²) >= 11 is 9.51. The number of benzene rings is 1. The summed E-state index contributed by atoms with van der Waals surface area (Å²) in [6.07, 6.45) is 0. The van der Waals surface area contributed by atoms with E-state index in [0.29, 0.717) is 16.6 Å². The van der Waals surface area contributed by atoms with Gasteiger partial charge in [0.05, 0.1) is 10.6 Å². The number of hydrogen-bond donors (Lipinski definition) is 0. The van der Waals surface area contributed by atoms with Gasteiger partial charge in [-0.15, -0.1) is 0 Å². The van der Waals surface area contributed by atoms with Crippen molar-refractivity contribution in [1.82, 2.24) is 9.80 Å². The lowest BCUT2D eigenvalue weighted by molar-refractivity contribution is 0.0528. The number of likely N-dealkylation sites (N-methyl/N-ethyl adjacent to an activating group) is 1. The molecule has 1 saturated heterocycles. The van der Waals surface area contributed by atoms with Crippen molar-refractivity contribution in [2.24, 2.45) is 0 Å². The summed E-state index contributed by atoms with van der Waals surface area (Å²) < 4.78 is 0.875.